The molecule has 3 heteroatoms. The first kappa shape index (κ1) is 7.53. The van der Waals surface area contributed by atoms with Crippen LogP contribution in [0.25, 0.3) is 0 Å². The van der Waals surface area contributed by atoms with Gasteiger partial charge in [0, 0.05) is 6.54 Å². The summed E-state index contributed by atoms with van der Waals surface area (Å²) in [5, 5.41) is 3.40. The van der Waals surface area contributed by atoms with Crippen LogP contribution in [-0.2, 0) is 4.84 Å². The molecule has 0 aromatic heterocycles. The van der Waals surface area contributed by atoms with Gasteiger partial charge in [-0.15, -0.1) is 0 Å². The first-order valence-electron chi connectivity index (χ1n) is 4.51. The zero-order valence-corrected chi connectivity index (χ0v) is 6.86. The smallest absolute Gasteiger partial charge is 0.0683 e. The second kappa shape index (κ2) is 3.09. The fourth-order valence-electron chi connectivity index (χ4n) is 2.01. The van der Waals surface area contributed by atoms with Crippen molar-refractivity contribution in [2.75, 3.05) is 19.7 Å². The van der Waals surface area contributed by atoms with E-state index in [0.717, 1.165) is 13.2 Å². The number of rotatable bonds is 0. The summed E-state index contributed by atoms with van der Waals surface area (Å²) in [6.45, 7) is 3.12. The van der Waals surface area contributed by atoms with Crippen LogP contribution >= 0.6 is 0 Å². The third-order valence-corrected chi connectivity index (χ3v) is 2.66. The van der Waals surface area contributed by atoms with E-state index < -0.39 is 0 Å². The Balaban J connectivity index is 1.94. The van der Waals surface area contributed by atoms with E-state index in [9.17, 15) is 0 Å². The van der Waals surface area contributed by atoms with Gasteiger partial charge in [0.1, 0.15) is 0 Å². The van der Waals surface area contributed by atoms with Crippen LogP contribution in [0.1, 0.15) is 25.7 Å². The highest BCUT2D eigenvalue weighted by atomic mass is 16.6. The molecule has 1 atom stereocenters. The van der Waals surface area contributed by atoms with Crippen LogP contribution in [-0.4, -0.2) is 25.2 Å². The van der Waals surface area contributed by atoms with Gasteiger partial charge in [-0.25, -0.2) is 0 Å². The molecule has 0 bridgehead atoms. The first-order chi connectivity index (χ1) is 5.41. The largest absolute Gasteiger partial charge is 0.315 e. The summed E-state index contributed by atoms with van der Waals surface area (Å²) in [6.07, 6.45) is 5.00. The molecule has 2 aliphatic heterocycles. The number of nitrogens with one attached hydrogen (secondary N) is 2. The summed E-state index contributed by atoms with van der Waals surface area (Å²) in [5.41, 5.74) is 3.45. The van der Waals surface area contributed by atoms with Gasteiger partial charge in [-0.2, -0.15) is 5.48 Å². The molecule has 2 fully saturated rings. The van der Waals surface area contributed by atoms with Gasteiger partial charge in [0.25, 0.3) is 0 Å². The maximum atomic E-state index is 5.27. The van der Waals surface area contributed by atoms with Gasteiger partial charge in [0.05, 0.1) is 12.1 Å². The van der Waals surface area contributed by atoms with E-state index >= 15 is 0 Å². The van der Waals surface area contributed by atoms with Crippen molar-refractivity contribution in [3.8, 4) is 0 Å². The van der Waals surface area contributed by atoms with Crippen LogP contribution in [0.5, 0.6) is 0 Å². The minimum Gasteiger partial charge on any atom is -0.315 e. The Kier molecular flexibility index (Phi) is 2.11. The quantitative estimate of drug-likeness (QED) is 0.533. The molecule has 1 unspecified atom stereocenters. The Hall–Kier alpha value is -0.120. The molecular formula is C8H16N2O. The molecule has 0 aromatic carbocycles. The predicted octanol–water partition coefficient (Wildman–Crippen LogP) is 0.424. The molecule has 0 saturated carbocycles. The summed E-state index contributed by atoms with van der Waals surface area (Å²) in [7, 11) is 0. The van der Waals surface area contributed by atoms with Gasteiger partial charge in [-0.1, -0.05) is 0 Å². The van der Waals surface area contributed by atoms with Crippen molar-refractivity contribution >= 4 is 0 Å². The van der Waals surface area contributed by atoms with E-state index in [1.807, 2.05) is 0 Å². The van der Waals surface area contributed by atoms with Crippen molar-refractivity contribution in [1.82, 2.24) is 10.8 Å². The van der Waals surface area contributed by atoms with Gasteiger partial charge in [-0.3, -0.25) is 0 Å². The van der Waals surface area contributed by atoms with Gasteiger partial charge in [0.15, 0.2) is 0 Å². The van der Waals surface area contributed by atoms with Crippen molar-refractivity contribution in [3.05, 3.63) is 0 Å². The fourth-order valence-corrected chi connectivity index (χ4v) is 2.01. The van der Waals surface area contributed by atoms with Gasteiger partial charge >= 0.3 is 0 Å². The van der Waals surface area contributed by atoms with Crippen molar-refractivity contribution in [2.24, 2.45) is 0 Å². The predicted molar refractivity (Wildman–Crippen MR) is 43.2 cm³/mol. The topological polar surface area (TPSA) is 33.3 Å². The zero-order chi connectivity index (χ0) is 7.57. The van der Waals surface area contributed by atoms with E-state index in [4.69, 9.17) is 4.84 Å². The molecule has 0 amide bonds. The van der Waals surface area contributed by atoms with Crippen LogP contribution in [0.3, 0.4) is 0 Å². The minimum absolute atomic E-state index is 0.274. The number of hydrogen-bond acceptors (Lipinski definition) is 3. The highest BCUT2D eigenvalue weighted by Gasteiger charge is 2.33. The Bertz CT molecular complexity index is 107. The molecule has 2 saturated heterocycles. The van der Waals surface area contributed by atoms with E-state index in [0.29, 0.717) is 0 Å². The lowest BCUT2D eigenvalue weighted by Crippen LogP contribution is -2.57. The van der Waals surface area contributed by atoms with E-state index in [2.05, 4.69) is 10.8 Å². The second-order valence-electron chi connectivity index (χ2n) is 3.61. The molecule has 0 aromatic rings. The van der Waals surface area contributed by atoms with E-state index in [1.54, 1.807) is 0 Å². The summed E-state index contributed by atoms with van der Waals surface area (Å²) in [5.74, 6) is 0. The molecule has 64 valence electrons. The molecule has 0 aliphatic carbocycles. The van der Waals surface area contributed by atoms with Gasteiger partial charge in [0.2, 0.25) is 0 Å². The molecule has 2 N–H and O–H groups in total. The maximum absolute atomic E-state index is 5.27. The maximum Gasteiger partial charge on any atom is 0.0683 e. The lowest BCUT2D eigenvalue weighted by molar-refractivity contribution is -0.0710. The van der Waals surface area contributed by atoms with Crippen LogP contribution in [0, 0.1) is 0 Å². The Labute approximate surface area is 67.4 Å². The average Bonchev–Trinajstić information content (AvgIpc) is 2.07. The van der Waals surface area contributed by atoms with E-state index in [1.165, 1.54) is 32.2 Å². The van der Waals surface area contributed by atoms with E-state index in [-0.39, 0.29) is 5.54 Å². The number of hydroxylamine groups is 1. The minimum atomic E-state index is 0.274. The first-order valence-corrected chi connectivity index (χ1v) is 4.51. The standard InChI is InChI=1S/C8H16N2O/c1-3-8(7-9-5-1)4-2-6-11-10-8/h9-10H,1-7H2. The zero-order valence-electron chi connectivity index (χ0n) is 6.86. The Morgan fingerprint density at radius 2 is 2.09 bits per heavy atom. The van der Waals surface area contributed by atoms with Crippen molar-refractivity contribution < 1.29 is 4.84 Å². The lowest BCUT2D eigenvalue weighted by Gasteiger charge is -2.40. The average molecular weight is 156 g/mol. The molecular weight excluding hydrogens is 140 g/mol. The lowest BCUT2D eigenvalue weighted by atomic mass is 9.86. The van der Waals surface area contributed by atoms with Crippen molar-refractivity contribution in [3.63, 3.8) is 0 Å². The Morgan fingerprint density at radius 3 is 2.73 bits per heavy atom. The number of hydrogen-bond donors (Lipinski definition) is 2. The molecule has 0 radical (unpaired) electrons. The molecule has 3 nitrogen and oxygen atoms in total. The SMILES string of the molecule is C1CNCC2(C1)CCCON2. The van der Waals surface area contributed by atoms with Crippen molar-refractivity contribution in [1.29, 1.82) is 0 Å². The highest BCUT2D eigenvalue weighted by Crippen LogP contribution is 2.24. The fraction of sp³-hybridized carbons (Fsp3) is 1.00. The molecule has 2 rings (SSSR count). The van der Waals surface area contributed by atoms with Crippen molar-refractivity contribution in [2.45, 2.75) is 31.2 Å². The summed E-state index contributed by atoms with van der Waals surface area (Å²) >= 11 is 0. The van der Waals surface area contributed by atoms with Crippen LogP contribution in [0.2, 0.25) is 0 Å². The van der Waals surface area contributed by atoms with Gasteiger partial charge < -0.3 is 10.2 Å². The van der Waals surface area contributed by atoms with Gasteiger partial charge in [-0.05, 0) is 32.2 Å². The normalized spacial score (nSPS) is 39.3. The molecule has 2 aliphatic rings. The summed E-state index contributed by atoms with van der Waals surface area (Å²) in [4.78, 5) is 5.27. The third-order valence-electron chi connectivity index (χ3n) is 2.66. The monoisotopic (exact) mass is 156 g/mol. The summed E-state index contributed by atoms with van der Waals surface area (Å²) < 4.78 is 0. The van der Waals surface area contributed by atoms with Crippen LogP contribution < -0.4 is 10.8 Å². The molecule has 2 heterocycles. The second-order valence-corrected chi connectivity index (χ2v) is 3.61. The number of piperidine rings is 1. The van der Waals surface area contributed by atoms with Crippen LogP contribution in [0.15, 0.2) is 0 Å². The summed E-state index contributed by atoms with van der Waals surface area (Å²) in [6, 6.07) is 0. The molecule has 11 heavy (non-hydrogen) atoms. The Morgan fingerprint density at radius 1 is 1.18 bits per heavy atom. The third kappa shape index (κ3) is 1.55. The molecule has 1 spiro atoms. The highest BCUT2D eigenvalue weighted by molar-refractivity contribution is 4.92. The van der Waals surface area contributed by atoms with Crippen LogP contribution in [0.4, 0.5) is 0 Å².